The predicted molar refractivity (Wildman–Crippen MR) is 121 cm³/mol. The second kappa shape index (κ2) is 8.19. The first-order valence-electron chi connectivity index (χ1n) is 10.3. The van der Waals surface area contributed by atoms with Gasteiger partial charge >= 0.3 is 0 Å². The number of imide groups is 1. The second-order valence-corrected chi connectivity index (χ2v) is 7.99. The summed E-state index contributed by atoms with van der Waals surface area (Å²) in [6.45, 7) is 6.22. The largest absolute Gasteiger partial charge is 0.322 e. The van der Waals surface area contributed by atoms with E-state index in [0.717, 1.165) is 27.9 Å². The lowest BCUT2D eigenvalue weighted by Crippen LogP contribution is -2.31. The van der Waals surface area contributed by atoms with E-state index >= 15 is 0 Å². The highest BCUT2D eigenvalue weighted by Crippen LogP contribution is 2.26. The summed E-state index contributed by atoms with van der Waals surface area (Å²) in [6, 6.07) is 18.4. The van der Waals surface area contributed by atoms with Crippen LogP contribution in [-0.4, -0.2) is 29.2 Å². The van der Waals surface area contributed by atoms with Gasteiger partial charge < -0.3 is 5.32 Å². The highest BCUT2D eigenvalue weighted by atomic mass is 16.2. The number of carbonyl (C=O) groups is 3. The van der Waals surface area contributed by atoms with Crippen LogP contribution in [0.1, 0.15) is 53.3 Å². The highest BCUT2D eigenvalue weighted by Gasteiger charge is 2.35. The monoisotopic (exact) mass is 412 g/mol. The van der Waals surface area contributed by atoms with Gasteiger partial charge in [-0.05, 0) is 62.1 Å². The Morgan fingerprint density at radius 1 is 0.839 bits per heavy atom. The topological polar surface area (TPSA) is 66.5 Å². The quantitative estimate of drug-likeness (QED) is 0.618. The normalized spacial score (nSPS) is 12.8. The number of benzene rings is 3. The molecule has 3 aromatic rings. The predicted octanol–water partition coefficient (Wildman–Crippen LogP) is 4.70. The van der Waals surface area contributed by atoms with Crippen molar-refractivity contribution in [3.8, 4) is 0 Å². The van der Waals surface area contributed by atoms with Crippen molar-refractivity contribution in [2.24, 2.45) is 0 Å². The SMILES string of the molecule is Cc1cc(C)c(NC(=O)c2ccc3c(c2)C(=O)N(CCc2ccccc2)C3=O)c(C)c1. The summed E-state index contributed by atoms with van der Waals surface area (Å²) >= 11 is 0. The molecule has 1 N–H and O–H groups in total. The van der Waals surface area contributed by atoms with Gasteiger partial charge in [-0.2, -0.15) is 0 Å². The van der Waals surface area contributed by atoms with Crippen LogP contribution in [0.4, 0.5) is 5.69 Å². The van der Waals surface area contributed by atoms with E-state index in [4.69, 9.17) is 0 Å². The van der Waals surface area contributed by atoms with Crippen molar-refractivity contribution in [3.05, 3.63) is 99.6 Å². The van der Waals surface area contributed by atoms with Crippen LogP contribution in [0.15, 0.2) is 60.7 Å². The second-order valence-electron chi connectivity index (χ2n) is 7.99. The molecule has 1 aliphatic heterocycles. The lowest BCUT2D eigenvalue weighted by Gasteiger charge is -2.13. The summed E-state index contributed by atoms with van der Waals surface area (Å²) < 4.78 is 0. The van der Waals surface area contributed by atoms with Crippen molar-refractivity contribution in [1.29, 1.82) is 0 Å². The Balaban J connectivity index is 1.53. The van der Waals surface area contributed by atoms with Crippen LogP contribution >= 0.6 is 0 Å². The van der Waals surface area contributed by atoms with Crippen molar-refractivity contribution < 1.29 is 14.4 Å². The van der Waals surface area contributed by atoms with E-state index in [1.54, 1.807) is 12.1 Å². The van der Waals surface area contributed by atoms with Crippen molar-refractivity contribution in [2.75, 3.05) is 11.9 Å². The minimum Gasteiger partial charge on any atom is -0.322 e. The molecule has 0 radical (unpaired) electrons. The van der Waals surface area contributed by atoms with Crippen LogP contribution in [0.2, 0.25) is 0 Å². The van der Waals surface area contributed by atoms with Gasteiger partial charge in [0.25, 0.3) is 17.7 Å². The zero-order valence-corrected chi connectivity index (χ0v) is 17.9. The maximum atomic E-state index is 12.9. The fourth-order valence-electron chi connectivity index (χ4n) is 4.08. The smallest absolute Gasteiger partial charge is 0.261 e. The van der Waals surface area contributed by atoms with Gasteiger partial charge in [0.15, 0.2) is 0 Å². The molecule has 0 aliphatic carbocycles. The molecule has 1 heterocycles. The Hall–Kier alpha value is -3.73. The van der Waals surface area contributed by atoms with Gasteiger partial charge in [-0.3, -0.25) is 19.3 Å². The van der Waals surface area contributed by atoms with Gasteiger partial charge in [0.2, 0.25) is 0 Å². The average molecular weight is 412 g/mol. The Bertz CT molecular complexity index is 1180. The molecule has 0 spiro atoms. The van der Waals surface area contributed by atoms with E-state index in [0.29, 0.717) is 24.1 Å². The minimum absolute atomic E-state index is 0.281. The lowest BCUT2D eigenvalue weighted by molar-refractivity contribution is 0.0656. The summed E-state index contributed by atoms with van der Waals surface area (Å²) in [7, 11) is 0. The molecule has 1 aliphatic rings. The van der Waals surface area contributed by atoms with Crippen LogP contribution in [0.25, 0.3) is 0 Å². The average Bonchev–Trinajstić information content (AvgIpc) is 2.99. The number of nitrogens with one attached hydrogen (secondary N) is 1. The summed E-state index contributed by atoms with van der Waals surface area (Å²) in [5, 5.41) is 2.95. The molecule has 4 rings (SSSR count). The summed E-state index contributed by atoms with van der Waals surface area (Å²) in [6.07, 6.45) is 0.589. The molecule has 0 saturated carbocycles. The lowest BCUT2D eigenvalue weighted by atomic mass is 10.0. The van der Waals surface area contributed by atoms with Crippen molar-refractivity contribution >= 4 is 23.4 Å². The summed E-state index contributed by atoms with van der Waals surface area (Å²) in [5.74, 6) is -0.970. The number of hydrogen-bond donors (Lipinski definition) is 1. The molecule has 0 bridgehead atoms. The molecule has 0 unspecified atom stereocenters. The Morgan fingerprint density at radius 3 is 2.16 bits per heavy atom. The molecule has 3 aromatic carbocycles. The molecule has 0 fully saturated rings. The summed E-state index contributed by atoms with van der Waals surface area (Å²) in [5.41, 5.74) is 5.89. The summed E-state index contributed by atoms with van der Waals surface area (Å²) in [4.78, 5) is 39.7. The van der Waals surface area contributed by atoms with Crippen molar-refractivity contribution in [1.82, 2.24) is 4.90 Å². The number of carbonyl (C=O) groups excluding carboxylic acids is 3. The van der Waals surface area contributed by atoms with E-state index in [9.17, 15) is 14.4 Å². The Morgan fingerprint density at radius 2 is 1.48 bits per heavy atom. The highest BCUT2D eigenvalue weighted by molar-refractivity contribution is 6.22. The number of fused-ring (bicyclic) bond motifs is 1. The van der Waals surface area contributed by atoms with Gasteiger partial charge in [-0.1, -0.05) is 48.0 Å². The first-order valence-corrected chi connectivity index (χ1v) is 10.3. The third kappa shape index (κ3) is 3.99. The standard InChI is InChI=1S/C26H24N2O3/c1-16-13-17(2)23(18(3)14-16)27-24(29)20-9-10-21-22(15-20)26(31)28(25(21)30)12-11-19-7-5-4-6-8-19/h4-10,13-15H,11-12H2,1-3H3,(H,27,29). The zero-order valence-electron chi connectivity index (χ0n) is 17.9. The maximum Gasteiger partial charge on any atom is 0.261 e. The molecular formula is C26H24N2O3. The Kier molecular flexibility index (Phi) is 5.42. The Labute approximate surface area is 181 Å². The number of rotatable bonds is 5. The minimum atomic E-state index is -0.353. The molecule has 31 heavy (non-hydrogen) atoms. The van der Waals surface area contributed by atoms with E-state index in [2.05, 4.69) is 5.32 Å². The van der Waals surface area contributed by atoms with E-state index in [1.807, 2.05) is 63.2 Å². The number of aryl methyl sites for hydroxylation is 3. The van der Waals surface area contributed by atoms with Gasteiger partial charge in [0, 0.05) is 17.8 Å². The fourth-order valence-corrected chi connectivity index (χ4v) is 4.08. The van der Waals surface area contributed by atoms with Crippen LogP contribution < -0.4 is 5.32 Å². The fraction of sp³-hybridized carbons (Fsp3) is 0.192. The molecule has 0 saturated heterocycles. The van der Waals surface area contributed by atoms with Gasteiger partial charge in [-0.25, -0.2) is 0 Å². The molecular weight excluding hydrogens is 388 g/mol. The van der Waals surface area contributed by atoms with E-state index < -0.39 is 0 Å². The van der Waals surface area contributed by atoms with E-state index in [-0.39, 0.29) is 23.3 Å². The molecule has 5 heteroatoms. The number of amides is 3. The van der Waals surface area contributed by atoms with Crippen LogP contribution in [0, 0.1) is 20.8 Å². The maximum absolute atomic E-state index is 12.9. The first-order chi connectivity index (χ1) is 14.8. The van der Waals surface area contributed by atoms with Gasteiger partial charge in [0.1, 0.15) is 0 Å². The van der Waals surface area contributed by atoms with Crippen LogP contribution in [0.3, 0.4) is 0 Å². The van der Waals surface area contributed by atoms with E-state index in [1.165, 1.54) is 11.0 Å². The number of anilines is 1. The third-order valence-corrected chi connectivity index (χ3v) is 5.62. The van der Waals surface area contributed by atoms with Gasteiger partial charge in [-0.15, -0.1) is 0 Å². The molecule has 0 atom stereocenters. The zero-order chi connectivity index (χ0) is 22.1. The van der Waals surface area contributed by atoms with Gasteiger partial charge in [0.05, 0.1) is 11.1 Å². The molecule has 3 amide bonds. The molecule has 5 nitrogen and oxygen atoms in total. The van der Waals surface area contributed by atoms with Crippen LogP contribution in [0.5, 0.6) is 0 Å². The first kappa shape index (κ1) is 20.5. The van der Waals surface area contributed by atoms with Crippen molar-refractivity contribution in [3.63, 3.8) is 0 Å². The molecule has 0 aromatic heterocycles. The molecule has 156 valence electrons. The van der Waals surface area contributed by atoms with Crippen molar-refractivity contribution in [2.45, 2.75) is 27.2 Å². The number of nitrogens with zero attached hydrogens (tertiary/aromatic N) is 1. The third-order valence-electron chi connectivity index (χ3n) is 5.62. The number of hydrogen-bond acceptors (Lipinski definition) is 3. The van der Waals surface area contributed by atoms with Crippen LogP contribution in [-0.2, 0) is 6.42 Å².